The van der Waals surface area contributed by atoms with Gasteiger partial charge in [-0.05, 0) is 35.7 Å². The van der Waals surface area contributed by atoms with Crippen molar-refractivity contribution in [2.45, 2.75) is 25.8 Å². The number of ether oxygens (including phenoxy) is 1. The fourth-order valence-corrected chi connectivity index (χ4v) is 3.04. The first kappa shape index (κ1) is 13.5. The second-order valence-corrected chi connectivity index (χ2v) is 5.72. The van der Waals surface area contributed by atoms with Crippen molar-refractivity contribution in [2.75, 3.05) is 18.9 Å². The van der Waals surface area contributed by atoms with Crippen molar-refractivity contribution in [1.29, 1.82) is 0 Å². The Kier molecular flexibility index (Phi) is 3.47. The van der Waals surface area contributed by atoms with Gasteiger partial charge in [0.05, 0.1) is 29.4 Å². The average Bonchev–Trinajstić information content (AvgIpc) is 2.46. The largest absolute Gasteiger partial charge is 0.397 e. The molecule has 2 aromatic heterocycles. The molecule has 2 aromatic rings. The lowest BCUT2D eigenvalue weighted by Gasteiger charge is -2.26. The number of nitrogen functional groups attached to an aromatic ring is 1. The van der Waals surface area contributed by atoms with E-state index < -0.39 is 0 Å². The van der Waals surface area contributed by atoms with Crippen LogP contribution in [0.5, 0.6) is 0 Å². The molecule has 0 saturated carbocycles. The van der Waals surface area contributed by atoms with Crippen LogP contribution in [0.2, 0.25) is 0 Å². The van der Waals surface area contributed by atoms with Gasteiger partial charge in [-0.2, -0.15) is 0 Å². The van der Waals surface area contributed by atoms with Crippen LogP contribution in [0.4, 0.5) is 5.69 Å². The molecule has 106 valence electrons. The molecule has 0 aromatic carbocycles. The third-order valence-corrected chi connectivity index (χ3v) is 4.43. The van der Waals surface area contributed by atoms with Gasteiger partial charge in [-0.1, -0.05) is 0 Å². The fourth-order valence-electron chi connectivity index (χ4n) is 2.65. The highest BCUT2D eigenvalue weighted by atomic mass is 79.9. The standard InChI is InChI=1S/C13H15BrN4O2/c1-7-9-11(15)10(14)13(19)18(12(9)17-6-16-7)8-3-2-4-20-5-8/h6,8H,2-5,15H2,1H3. The van der Waals surface area contributed by atoms with Gasteiger partial charge in [0.25, 0.3) is 5.56 Å². The van der Waals surface area contributed by atoms with Crippen LogP contribution in [0.3, 0.4) is 0 Å². The van der Waals surface area contributed by atoms with Gasteiger partial charge in [0.15, 0.2) is 0 Å². The number of anilines is 1. The predicted molar refractivity (Wildman–Crippen MR) is 79.7 cm³/mol. The maximum atomic E-state index is 12.5. The van der Waals surface area contributed by atoms with E-state index in [4.69, 9.17) is 10.5 Å². The zero-order valence-electron chi connectivity index (χ0n) is 11.1. The van der Waals surface area contributed by atoms with Gasteiger partial charge < -0.3 is 10.5 Å². The lowest BCUT2D eigenvalue weighted by atomic mass is 10.1. The van der Waals surface area contributed by atoms with E-state index in [2.05, 4.69) is 25.9 Å². The summed E-state index contributed by atoms with van der Waals surface area (Å²) in [4.78, 5) is 21.0. The Morgan fingerprint density at radius 1 is 1.50 bits per heavy atom. The number of pyridine rings is 1. The summed E-state index contributed by atoms with van der Waals surface area (Å²) < 4.78 is 7.54. The number of fused-ring (bicyclic) bond motifs is 1. The quantitative estimate of drug-likeness (QED) is 0.857. The van der Waals surface area contributed by atoms with Crippen LogP contribution in [0.15, 0.2) is 15.6 Å². The van der Waals surface area contributed by atoms with Crippen molar-refractivity contribution in [3.05, 3.63) is 26.8 Å². The van der Waals surface area contributed by atoms with Crippen molar-refractivity contribution >= 4 is 32.7 Å². The number of nitrogens with zero attached hydrogens (tertiary/aromatic N) is 3. The van der Waals surface area contributed by atoms with Gasteiger partial charge in [-0.25, -0.2) is 9.97 Å². The van der Waals surface area contributed by atoms with Crippen LogP contribution in [0, 0.1) is 6.92 Å². The third kappa shape index (κ3) is 2.01. The van der Waals surface area contributed by atoms with Crippen LogP contribution in [0.25, 0.3) is 11.0 Å². The molecule has 1 atom stereocenters. The molecule has 3 heterocycles. The van der Waals surface area contributed by atoms with Crippen molar-refractivity contribution in [1.82, 2.24) is 14.5 Å². The summed E-state index contributed by atoms with van der Waals surface area (Å²) in [5.41, 5.74) is 7.63. The Morgan fingerprint density at radius 2 is 2.30 bits per heavy atom. The van der Waals surface area contributed by atoms with Gasteiger partial charge in [0, 0.05) is 6.61 Å². The van der Waals surface area contributed by atoms with Crippen LogP contribution >= 0.6 is 15.9 Å². The lowest BCUT2D eigenvalue weighted by Crippen LogP contribution is -2.32. The van der Waals surface area contributed by atoms with E-state index in [9.17, 15) is 4.79 Å². The molecule has 20 heavy (non-hydrogen) atoms. The monoisotopic (exact) mass is 338 g/mol. The first-order valence-electron chi connectivity index (χ1n) is 6.49. The summed E-state index contributed by atoms with van der Waals surface area (Å²) in [6.07, 6.45) is 3.30. The molecule has 0 radical (unpaired) electrons. The third-order valence-electron chi connectivity index (χ3n) is 3.66. The lowest BCUT2D eigenvalue weighted by molar-refractivity contribution is 0.0592. The Labute approximate surface area is 124 Å². The Bertz CT molecular complexity index is 722. The van der Waals surface area contributed by atoms with Crippen LogP contribution in [-0.4, -0.2) is 27.7 Å². The smallest absolute Gasteiger partial charge is 0.268 e. The van der Waals surface area contributed by atoms with Crippen LogP contribution < -0.4 is 11.3 Å². The fraction of sp³-hybridized carbons (Fsp3) is 0.462. The van der Waals surface area contributed by atoms with E-state index in [1.807, 2.05) is 6.92 Å². The molecular formula is C13H15BrN4O2. The molecule has 2 N–H and O–H groups in total. The van der Waals surface area contributed by atoms with E-state index in [1.54, 1.807) is 4.57 Å². The molecule has 1 aliphatic rings. The summed E-state index contributed by atoms with van der Waals surface area (Å²) in [5, 5.41) is 0.726. The van der Waals surface area contributed by atoms with Crippen molar-refractivity contribution in [3.63, 3.8) is 0 Å². The first-order chi connectivity index (χ1) is 9.61. The molecule has 1 aliphatic heterocycles. The molecule has 0 amide bonds. The second kappa shape index (κ2) is 5.14. The van der Waals surface area contributed by atoms with Gasteiger partial charge >= 0.3 is 0 Å². The SMILES string of the molecule is Cc1ncnc2c1c(N)c(Br)c(=O)n2C1CCCOC1. The summed E-state index contributed by atoms with van der Waals surface area (Å²) >= 11 is 3.30. The maximum absolute atomic E-state index is 12.5. The molecule has 0 bridgehead atoms. The highest BCUT2D eigenvalue weighted by molar-refractivity contribution is 9.10. The van der Waals surface area contributed by atoms with Crippen molar-refractivity contribution in [3.8, 4) is 0 Å². The number of aryl methyl sites for hydroxylation is 1. The molecule has 7 heteroatoms. The van der Waals surface area contributed by atoms with E-state index in [1.165, 1.54) is 6.33 Å². The zero-order valence-corrected chi connectivity index (χ0v) is 12.7. The summed E-state index contributed by atoms with van der Waals surface area (Å²) in [5.74, 6) is 0. The Hall–Kier alpha value is -1.47. The van der Waals surface area contributed by atoms with E-state index in [-0.39, 0.29) is 11.6 Å². The van der Waals surface area contributed by atoms with Gasteiger partial charge in [-0.3, -0.25) is 9.36 Å². The van der Waals surface area contributed by atoms with Gasteiger partial charge in [-0.15, -0.1) is 0 Å². The molecule has 3 rings (SSSR count). The van der Waals surface area contributed by atoms with Gasteiger partial charge in [0.2, 0.25) is 0 Å². The molecule has 1 unspecified atom stereocenters. The first-order valence-corrected chi connectivity index (χ1v) is 7.29. The molecular weight excluding hydrogens is 324 g/mol. The number of hydrogen-bond acceptors (Lipinski definition) is 5. The molecule has 1 saturated heterocycles. The van der Waals surface area contributed by atoms with E-state index in [0.29, 0.717) is 22.4 Å². The minimum atomic E-state index is -0.163. The maximum Gasteiger partial charge on any atom is 0.268 e. The number of halogens is 1. The number of rotatable bonds is 1. The number of hydrogen-bond donors (Lipinski definition) is 1. The summed E-state index contributed by atoms with van der Waals surface area (Å²) in [6.45, 7) is 3.13. The summed E-state index contributed by atoms with van der Waals surface area (Å²) in [7, 11) is 0. The minimum absolute atomic E-state index is 0.00931. The number of nitrogens with two attached hydrogens (primary N) is 1. The average molecular weight is 339 g/mol. The highest BCUT2D eigenvalue weighted by Crippen LogP contribution is 2.29. The van der Waals surface area contributed by atoms with E-state index >= 15 is 0 Å². The molecule has 0 spiro atoms. The second-order valence-electron chi connectivity index (χ2n) is 4.93. The van der Waals surface area contributed by atoms with Crippen LogP contribution in [0.1, 0.15) is 24.6 Å². The minimum Gasteiger partial charge on any atom is -0.397 e. The van der Waals surface area contributed by atoms with Crippen molar-refractivity contribution < 1.29 is 4.74 Å². The molecule has 0 aliphatic carbocycles. The molecule has 1 fully saturated rings. The van der Waals surface area contributed by atoms with Crippen molar-refractivity contribution in [2.24, 2.45) is 0 Å². The normalized spacial score (nSPS) is 19.4. The highest BCUT2D eigenvalue weighted by Gasteiger charge is 2.23. The van der Waals surface area contributed by atoms with Crippen LogP contribution in [-0.2, 0) is 4.74 Å². The predicted octanol–water partition coefficient (Wildman–Crippen LogP) is 1.80. The topological polar surface area (TPSA) is 83.0 Å². The molecule has 6 nitrogen and oxygen atoms in total. The Balaban J connectivity index is 2.35. The van der Waals surface area contributed by atoms with E-state index in [0.717, 1.165) is 30.5 Å². The summed E-state index contributed by atoms with van der Waals surface area (Å²) in [6, 6.07) is -0.00931. The number of aromatic nitrogens is 3. The van der Waals surface area contributed by atoms with Gasteiger partial charge in [0.1, 0.15) is 16.4 Å². The Morgan fingerprint density at radius 3 is 3.00 bits per heavy atom. The zero-order chi connectivity index (χ0) is 14.3.